The van der Waals surface area contributed by atoms with Crippen LogP contribution in [0.3, 0.4) is 0 Å². The van der Waals surface area contributed by atoms with Gasteiger partial charge in [-0.2, -0.15) is 8.42 Å². The van der Waals surface area contributed by atoms with E-state index in [4.69, 9.17) is 28.2 Å². The number of aromatic amines is 1. The first kappa shape index (κ1) is 37.1. The third-order valence-corrected chi connectivity index (χ3v) is 19.7. The zero-order valence-corrected chi connectivity index (χ0v) is 31.2. The fraction of sp³-hybridized carbons (Fsp3) is 0.690. The van der Waals surface area contributed by atoms with Crippen molar-refractivity contribution in [1.82, 2.24) is 9.55 Å². The van der Waals surface area contributed by atoms with Crippen molar-refractivity contribution < 1.29 is 35.7 Å². The Morgan fingerprint density at radius 1 is 1.11 bits per heavy atom. The molecule has 0 radical (unpaired) electrons. The number of hydrogen-bond donors (Lipinski definition) is 2. The van der Waals surface area contributed by atoms with E-state index in [0.717, 1.165) is 12.2 Å². The number of carbonyl (C=O) groups excluding carboxylic acids is 1. The number of nitrogens with one attached hydrogen (secondary N) is 1. The number of ether oxygens (including phenoxy) is 2. The predicted molar refractivity (Wildman–Crippen MR) is 175 cm³/mol. The summed E-state index contributed by atoms with van der Waals surface area (Å²) in [6.07, 6.45) is -0.428. The topological polar surface area (TPSA) is 178 Å². The Bertz CT molecular complexity index is 1600. The molecule has 3 N–H and O–H groups in total. The number of aryl methyl sites for hydroxylation is 1. The van der Waals surface area contributed by atoms with E-state index in [1.807, 2.05) is 47.0 Å². The molecule has 1 spiro atoms. The Hall–Kier alpha value is -2.35. The molecule has 16 heteroatoms. The van der Waals surface area contributed by atoms with Crippen LogP contribution < -0.4 is 17.0 Å². The van der Waals surface area contributed by atoms with Crippen molar-refractivity contribution in [1.29, 1.82) is 0 Å². The lowest BCUT2D eigenvalue weighted by molar-refractivity contribution is -0.137. The molecule has 2 aliphatic heterocycles. The van der Waals surface area contributed by atoms with Crippen LogP contribution in [0.15, 0.2) is 38.5 Å². The number of nitrogens with two attached hydrogens (primary N) is 1. The van der Waals surface area contributed by atoms with Gasteiger partial charge in [0.05, 0.1) is 18.9 Å². The highest BCUT2D eigenvalue weighted by atomic mass is 32.2. The van der Waals surface area contributed by atoms with E-state index in [1.54, 1.807) is 6.92 Å². The Balaban J connectivity index is 2.36. The van der Waals surface area contributed by atoms with Gasteiger partial charge in [-0.05, 0) is 56.2 Å². The van der Waals surface area contributed by atoms with Crippen molar-refractivity contribution in [2.75, 3.05) is 13.2 Å². The standard InChI is InChI=1S/C29H49N3O10SSi2/c1-13-38-21(33)15-14-19-22(30)29(42-43(19,36)37)20(17-39-44(9,10)27(3,4)5)40-25(23(29)41-45(11,12)28(6,7)8)32-16-18(2)24(34)31-26(32)35/h14-16,20,23,25H,13,17,30H2,1-12H3,(H,31,34,35)/b15-14+. The van der Waals surface area contributed by atoms with E-state index >= 15 is 0 Å². The van der Waals surface area contributed by atoms with Gasteiger partial charge in [0.2, 0.25) is 0 Å². The van der Waals surface area contributed by atoms with Crippen LogP contribution in [0.4, 0.5) is 0 Å². The SMILES string of the molecule is CCOC(=O)/C=C/C1=C(N)C2(OS1(=O)=O)C(CO[Si](C)(C)C(C)(C)C)OC(n1cc(C)c(=O)[nH]c1=O)C2O[Si](C)(C)C(C)(C)C. The zero-order valence-electron chi connectivity index (χ0n) is 28.4. The molecule has 2 aliphatic rings. The highest BCUT2D eigenvalue weighted by Gasteiger charge is 2.68. The number of aromatic nitrogens is 2. The Morgan fingerprint density at radius 3 is 2.22 bits per heavy atom. The molecule has 1 aromatic rings. The van der Waals surface area contributed by atoms with Crippen LogP contribution in [0.1, 0.15) is 60.3 Å². The molecule has 0 amide bonds. The second-order valence-electron chi connectivity index (χ2n) is 14.6. The summed E-state index contributed by atoms with van der Waals surface area (Å²) in [5, 5.41) is -0.581. The number of carbonyl (C=O) groups is 1. The van der Waals surface area contributed by atoms with Crippen LogP contribution in [0.2, 0.25) is 36.3 Å². The van der Waals surface area contributed by atoms with Crippen LogP contribution in [0.5, 0.6) is 0 Å². The molecule has 0 aromatic carbocycles. The molecule has 3 heterocycles. The smallest absolute Gasteiger partial charge is 0.330 e. The number of nitrogens with zero attached hydrogens (tertiary/aromatic N) is 1. The van der Waals surface area contributed by atoms with Gasteiger partial charge in [-0.15, -0.1) is 0 Å². The molecule has 1 saturated heterocycles. The van der Waals surface area contributed by atoms with Gasteiger partial charge >= 0.3 is 11.7 Å². The lowest BCUT2D eigenvalue weighted by atomic mass is 9.88. The molecule has 4 unspecified atom stereocenters. The van der Waals surface area contributed by atoms with E-state index in [0.29, 0.717) is 0 Å². The highest BCUT2D eigenvalue weighted by molar-refractivity contribution is 7.91. The largest absolute Gasteiger partial charge is 0.463 e. The second-order valence-corrected chi connectivity index (χ2v) is 25.6. The van der Waals surface area contributed by atoms with Gasteiger partial charge in [0.25, 0.3) is 15.7 Å². The Kier molecular flexibility index (Phi) is 10.2. The van der Waals surface area contributed by atoms with Crippen LogP contribution in [0.25, 0.3) is 0 Å². The number of H-pyrrole nitrogens is 1. The molecular formula is C29H49N3O10SSi2. The summed E-state index contributed by atoms with van der Waals surface area (Å²) in [7, 11) is -9.82. The van der Waals surface area contributed by atoms with Crippen molar-refractivity contribution in [2.24, 2.45) is 5.73 Å². The highest BCUT2D eigenvalue weighted by Crippen LogP contribution is 2.53. The monoisotopic (exact) mass is 687 g/mol. The fourth-order valence-corrected chi connectivity index (χ4v) is 8.25. The minimum absolute atomic E-state index is 0.0863. The normalized spacial score (nSPS) is 25.9. The molecular weight excluding hydrogens is 639 g/mol. The van der Waals surface area contributed by atoms with E-state index in [9.17, 15) is 22.8 Å². The average Bonchev–Trinajstić information content (AvgIpc) is 3.26. The third-order valence-electron chi connectivity index (χ3n) is 9.37. The number of rotatable bonds is 9. The molecule has 0 bridgehead atoms. The summed E-state index contributed by atoms with van der Waals surface area (Å²) in [5.41, 5.74) is 3.36. The molecule has 0 aliphatic carbocycles. The van der Waals surface area contributed by atoms with Crippen molar-refractivity contribution in [3.63, 3.8) is 0 Å². The molecule has 45 heavy (non-hydrogen) atoms. The molecule has 1 aromatic heterocycles. The fourth-order valence-electron chi connectivity index (χ4n) is 4.56. The lowest BCUT2D eigenvalue weighted by Crippen LogP contribution is -2.59. The van der Waals surface area contributed by atoms with Crippen molar-refractivity contribution in [2.45, 2.75) is 116 Å². The average molecular weight is 688 g/mol. The van der Waals surface area contributed by atoms with Gasteiger partial charge < -0.3 is 24.1 Å². The zero-order chi connectivity index (χ0) is 34.6. The Labute approximate surface area is 267 Å². The first-order valence-electron chi connectivity index (χ1n) is 14.9. The molecule has 3 rings (SSSR count). The number of allylic oxidation sites excluding steroid dienone is 1. The summed E-state index contributed by atoms with van der Waals surface area (Å²) in [6.45, 7) is 23.3. The van der Waals surface area contributed by atoms with Crippen molar-refractivity contribution in [3.05, 3.63) is 55.4 Å². The third kappa shape index (κ3) is 7.01. The number of hydrogen-bond acceptors (Lipinski definition) is 11. The molecule has 1 fully saturated rings. The summed E-state index contributed by atoms with van der Waals surface area (Å²) in [5.74, 6) is -0.767. The molecule has 4 atom stereocenters. The van der Waals surface area contributed by atoms with Gasteiger partial charge in [0.15, 0.2) is 28.5 Å². The molecule has 254 valence electrons. The van der Waals surface area contributed by atoms with Crippen LogP contribution in [0, 0.1) is 6.92 Å². The van der Waals surface area contributed by atoms with Crippen LogP contribution >= 0.6 is 0 Å². The predicted octanol–water partition coefficient (Wildman–Crippen LogP) is 3.54. The van der Waals surface area contributed by atoms with Crippen molar-refractivity contribution in [3.8, 4) is 0 Å². The summed E-state index contributed by atoms with van der Waals surface area (Å²) < 4.78 is 59.5. The van der Waals surface area contributed by atoms with Gasteiger partial charge in [0, 0.05) is 17.8 Å². The van der Waals surface area contributed by atoms with E-state index in [2.05, 4.69) is 25.8 Å². The Morgan fingerprint density at radius 2 is 1.69 bits per heavy atom. The summed E-state index contributed by atoms with van der Waals surface area (Å²) >= 11 is 0. The van der Waals surface area contributed by atoms with Crippen LogP contribution in [-0.4, -0.2) is 71.6 Å². The maximum atomic E-state index is 13.7. The van der Waals surface area contributed by atoms with Gasteiger partial charge in [-0.25, -0.2) is 13.8 Å². The maximum Gasteiger partial charge on any atom is 0.330 e. The van der Waals surface area contributed by atoms with Crippen LogP contribution in [-0.2, 0) is 37.4 Å². The lowest BCUT2D eigenvalue weighted by Gasteiger charge is -2.43. The molecule has 13 nitrogen and oxygen atoms in total. The first-order chi connectivity index (χ1) is 20.3. The second kappa shape index (κ2) is 12.4. The first-order valence-corrected chi connectivity index (χ1v) is 22.1. The summed E-state index contributed by atoms with van der Waals surface area (Å²) in [6, 6.07) is 0. The quantitative estimate of drug-likeness (QED) is 0.168. The van der Waals surface area contributed by atoms with Gasteiger partial charge in [-0.1, -0.05) is 41.5 Å². The minimum atomic E-state index is -4.58. The van der Waals surface area contributed by atoms with Gasteiger partial charge in [0.1, 0.15) is 17.1 Å². The van der Waals surface area contributed by atoms with Gasteiger partial charge in [-0.3, -0.25) is 14.3 Å². The minimum Gasteiger partial charge on any atom is -0.463 e. The maximum absolute atomic E-state index is 13.7. The van der Waals surface area contributed by atoms with E-state index < -0.39 is 72.9 Å². The molecule has 0 saturated carbocycles. The number of esters is 1. The van der Waals surface area contributed by atoms with E-state index in [-0.39, 0.29) is 34.6 Å². The summed E-state index contributed by atoms with van der Waals surface area (Å²) in [4.78, 5) is 39.5. The van der Waals surface area contributed by atoms with Crippen molar-refractivity contribution >= 4 is 32.7 Å². The van der Waals surface area contributed by atoms with E-state index in [1.165, 1.54) is 17.7 Å².